The molecule has 0 aliphatic heterocycles. The number of rotatable bonds is 1. The summed E-state index contributed by atoms with van der Waals surface area (Å²) in [5, 5.41) is 11.2. The topological polar surface area (TPSA) is 55.1 Å². The summed E-state index contributed by atoms with van der Waals surface area (Å²) in [5.74, 6) is -1.32. The van der Waals surface area contributed by atoms with E-state index in [4.69, 9.17) is 5.11 Å². The fourth-order valence-corrected chi connectivity index (χ4v) is 0.436. The van der Waals surface area contributed by atoms with E-state index in [1.807, 2.05) is 0 Å². The van der Waals surface area contributed by atoms with Crippen LogP contribution < -0.4 is 0 Å². The van der Waals surface area contributed by atoms with Crippen LogP contribution in [0.1, 0.15) is 10.5 Å². The summed E-state index contributed by atoms with van der Waals surface area (Å²) in [6, 6.07) is 1.07. The van der Waals surface area contributed by atoms with Gasteiger partial charge < -0.3 is 5.11 Å². The predicted molar refractivity (Wildman–Crippen MR) is 25.7 cm³/mol. The Hall–Kier alpha value is -1.39. The van der Waals surface area contributed by atoms with Gasteiger partial charge in [0.25, 0.3) is 0 Å². The van der Waals surface area contributed by atoms with Crippen LogP contribution in [-0.2, 0) is 0 Å². The molecule has 0 saturated carbocycles. The normalized spacial score (nSPS) is 9.44. The molecule has 9 heavy (non-hydrogen) atoms. The first kappa shape index (κ1) is 5.74. The van der Waals surface area contributed by atoms with E-state index in [9.17, 15) is 9.28 Å². The number of halogens is 1. The van der Waals surface area contributed by atoms with Gasteiger partial charge in [-0.1, -0.05) is 9.39 Å². The van der Waals surface area contributed by atoms with Gasteiger partial charge in [-0.2, -0.15) is 5.10 Å². The molecule has 0 aliphatic rings. The lowest BCUT2D eigenvalue weighted by molar-refractivity contribution is 0.0667. The van der Waals surface area contributed by atoms with Crippen LogP contribution >= 0.6 is 0 Å². The lowest BCUT2D eigenvalue weighted by atomic mass is 10.5. The zero-order valence-electron chi connectivity index (χ0n) is 4.28. The van der Waals surface area contributed by atoms with Gasteiger partial charge in [-0.15, -0.1) is 0 Å². The maximum atomic E-state index is 12.0. The number of carboxylic acid groups (broad SMARTS) is 1. The van der Waals surface area contributed by atoms with Crippen LogP contribution in [0, 0.1) is 0 Å². The number of aromatic nitrogens is 2. The Morgan fingerprint density at radius 1 is 1.89 bits per heavy atom. The lowest BCUT2D eigenvalue weighted by Gasteiger charge is -1.85. The van der Waals surface area contributed by atoms with Crippen molar-refractivity contribution in [2.75, 3.05) is 0 Å². The third-order valence-electron chi connectivity index (χ3n) is 0.818. The Labute approximate surface area is 49.5 Å². The quantitative estimate of drug-likeness (QED) is 0.595. The van der Waals surface area contributed by atoms with Crippen molar-refractivity contribution in [3.8, 4) is 0 Å². The van der Waals surface area contributed by atoms with Crippen molar-refractivity contribution in [2.45, 2.75) is 0 Å². The molecule has 1 aromatic rings. The lowest BCUT2D eigenvalue weighted by Crippen LogP contribution is -2.01. The van der Waals surface area contributed by atoms with Crippen LogP contribution in [0.25, 0.3) is 0 Å². The highest BCUT2D eigenvalue weighted by atomic mass is 19.2. The molecule has 1 aromatic heterocycles. The predicted octanol–water partition coefficient (Wildman–Crippen LogP) is 0.314. The van der Waals surface area contributed by atoms with Gasteiger partial charge in [-0.25, -0.2) is 4.79 Å². The number of carboxylic acids is 1. The van der Waals surface area contributed by atoms with Gasteiger partial charge >= 0.3 is 5.97 Å². The van der Waals surface area contributed by atoms with Crippen molar-refractivity contribution in [1.82, 2.24) is 10.0 Å². The second kappa shape index (κ2) is 1.85. The summed E-state index contributed by atoms with van der Waals surface area (Å²) >= 11 is 0. The van der Waals surface area contributed by atoms with E-state index in [0.29, 0.717) is 0 Å². The van der Waals surface area contributed by atoms with Crippen LogP contribution in [0.2, 0.25) is 0 Å². The van der Waals surface area contributed by atoms with Gasteiger partial charge in [0, 0.05) is 0 Å². The third kappa shape index (κ3) is 0.883. The molecule has 0 amide bonds. The fraction of sp³-hybridized carbons (Fsp3) is 0. The van der Waals surface area contributed by atoms with Crippen molar-refractivity contribution in [2.24, 2.45) is 0 Å². The van der Waals surface area contributed by atoms with Crippen molar-refractivity contribution >= 4 is 5.97 Å². The van der Waals surface area contributed by atoms with Crippen molar-refractivity contribution in [3.63, 3.8) is 0 Å². The van der Waals surface area contributed by atoms with Crippen molar-refractivity contribution < 1.29 is 14.4 Å². The molecule has 5 heteroatoms. The summed E-state index contributed by atoms with van der Waals surface area (Å²) in [4.78, 5) is 9.79. The number of carbonyl (C=O) groups is 1. The molecule has 0 radical (unpaired) electrons. The van der Waals surface area contributed by atoms with E-state index in [2.05, 4.69) is 5.10 Å². The van der Waals surface area contributed by atoms with Gasteiger partial charge in [0.05, 0.1) is 6.20 Å². The maximum Gasteiger partial charge on any atom is 0.357 e. The van der Waals surface area contributed by atoms with E-state index in [1.165, 1.54) is 0 Å². The van der Waals surface area contributed by atoms with Gasteiger partial charge in [0.15, 0.2) is 5.69 Å². The molecule has 0 atom stereocenters. The van der Waals surface area contributed by atoms with E-state index in [1.54, 1.807) is 0 Å². The first-order valence-corrected chi connectivity index (χ1v) is 2.15. The second-order valence-corrected chi connectivity index (χ2v) is 1.38. The minimum Gasteiger partial charge on any atom is -0.476 e. The summed E-state index contributed by atoms with van der Waals surface area (Å²) in [6.45, 7) is 0. The van der Waals surface area contributed by atoms with Crippen LogP contribution in [0.5, 0.6) is 0 Å². The zero-order valence-corrected chi connectivity index (χ0v) is 4.28. The minimum atomic E-state index is -1.32. The molecule has 0 unspecified atom stereocenters. The Bertz CT molecular complexity index is 232. The van der Waals surface area contributed by atoms with Crippen LogP contribution in [0.15, 0.2) is 12.3 Å². The average Bonchev–Trinajstić information content (AvgIpc) is 2.13. The molecule has 0 spiro atoms. The molecule has 48 valence electrons. The molecule has 4 nitrogen and oxygen atoms in total. The summed E-state index contributed by atoms with van der Waals surface area (Å²) in [6.07, 6.45) is 1.07. The number of hydrogen-bond donors (Lipinski definition) is 1. The smallest absolute Gasteiger partial charge is 0.357 e. The summed E-state index contributed by atoms with van der Waals surface area (Å²) < 4.78 is 12.0. The Kier molecular flexibility index (Phi) is 1.18. The highest BCUT2D eigenvalue weighted by Crippen LogP contribution is 1.96. The largest absolute Gasteiger partial charge is 0.476 e. The van der Waals surface area contributed by atoms with Gasteiger partial charge in [0.1, 0.15) is 0 Å². The van der Waals surface area contributed by atoms with Gasteiger partial charge in [-0.3, -0.25) is 0 Å². The van der Waals surface area contributed by atoms with Crippen molar-refractivity contribution in [1.29, 1.82) is 0 Å². The van der Waals surface area contributed by atoms with Gasteiger partial charge in [0.2, 0.25) is 0 Å². The summed E-state index contributed by atoms with van der Waals surface area (Å²) in [7, 11) is 0. The number of nitrogens with zero attached hydrogens (tertiary/aromatic N) is 2. The number of hydrogen-bond acceptors (Lipinski definition) is 2. The maximum absolute atomic E-state index is 12.0. The second-order valence-electron chi connectivity index (χ2n) is 1.38. The van der Waals surface area contributed by atoms with Gasteiger partial charge in [-0.05, 0) is 6.07 Å². The molecule has 0 fully saturated rings. The molecule has 0 saturated heterocycles. The standard InChI is InChI=1S/C4H3FN2O2/c5-7-3(4(8)9)1-2-6-7/h1-2H,(H,8,9). The highest BCUT2D eigenvalue weighted by Gasteiger charge is 2.08. The van der Waals surface area contributed by atoms with Crippen LogP contribution in [0.3, 0.4) is 0 Å². The number of aromatic carboxylic acids is 1. The zero-order chi connectivity index (χ0) is 6.85. The Balaban J connectivity index is 3.08. The monoisotopic (exact) mass is 130 g/mol. The Morgan fingerprint density at radius 2 is 2.56 bits per heavy atom. The molecule has 1 N–H and O–H groups in total. The Morgan fingerprint density at radius 3 is 2.78 bits per heavy atom. The average molecular weight is 130 g/mol. The molecule has 0 aliphatic carbocycles. The molecular formula is C4H3FN2O2. The first-order valence-electron chi connectivity index (χ1n) is 2.15. The van der Waals surface area contributed by atoms with E-state index < -0.39 is 11.7 Å². The molecule has 1 heterocycles. The molecular weight excluding hydrogens is 127 g/mol. The molecule has 0 bridgehead atoms. The van der Waals surface area contributed by atoms with E-state index >= 15 is 0 Å². The van der Waals surface area contributed by atoms with Crippen LogP contribution in [-0.4, -0.2) is 21.1 Å². The van der Waals surface area contributed by atoms with Crippen molar-refractivity contribution in [3.05, 3.63) is 18.0 Å². The first-order chi connectivity index (χ1) is 4.22. The fourth-order valence-electron chi connectivity index (χ4n) is 0.436. The highest BCUT2D eigenvalue weighted by molar-refractivity contribution is 5.85. The SMILES string of the molecule is O=C(O)c1ccnn1F. The minimum absolute atomic E-state index is 0.192. The van der Waals surface area contributed by atoms with E-state index in [0.717, 1.165) is 12.3 Å². The van der Waals surface area contributed by atoms with E-state index in [-0.39, 0.29) is 4.90 Å². The third-order valence-corrected chi connectivity index (χ3v) is 0.818. The molecule has 1 rings (SSSR count). The van der Waals surface area contributed by atoms with Crippen LogP contribution in [0.4, 0.5) is 4.48 Å². The molecule has 0 aromatic carbocycles. The summed E-state index contributed by atoms with van der Waals surface area (Å²) in [5.41, 5.74) is -0.463.